The number of aryl methyl sites for hydroxylation is 1. The summed E-state index contributed by atoms with van der Waals surface area (Å²) >= 11 is 0. The molecule has 0 bridgehead atoms. The quantitative estimate of drug-likeness (QED) is 0.0197. The molecule has 1 aromatic heterocycles. The Morgan fingerprint density at radius 3 is 2.49 bits per heavy atom. The number of pyridine rings is 1. The molecule has 79 heavy (non-hydrogen) atoms. The molecule has 18 heteroatoms. The lowest BCUT2D eigenvalue weighted by molar-refractivity contribution is -0.688. The normalized spacial score (nSPS) is 28.7. The van der Waals surface area contributed by atoms with Crippen molar-refractivity contribution < 1.29 is 71.8 Å². The first kappa shape index (κ1) is 58.7. The lowest BCUT2D eigenvalue weighted by Crippen LogP contribution is -2.63. The molecule has 9 rings (SSSR count). The second-order valence-electron chi connectivity index (χ2n) is 23.4. The number of unbranched alkanes of at least 4 members (excludes halogenated alkanes) is 4. The van der Waals surface area contributed by atoms with E-state index in [2.05, 4.69) is 41.8 Å². The summed E-state index contributed by atoms with van der Waals surface area (Å²) in [4.78, 5) is 73.7. The summed E-state index contributed by atoms with van der Waals surface area (Å²) in [5, 5.41) is 29.2. The van der Waals surface area contributed by atoms with Crippen LogP contribution in [0.4, 0.5) is 0 Å². The molecule has 4 saturated carbocycles. The first-order valence-electron chi connectivity index (χ1n) is 28.8. The summed E-state index contributed by atoms with van der Waals surface area (Å²) in [6.45, 7) is 5.43. The molecule has 17 nitrogen and oxygen atoms in total. The van der Waals surface area contributed by atoms with E-state index in [4.69, 9.17) is 23.5 Å². The van der Waals surface area contributed by atoms with Crippen molar-refractivity contribution in [3.05, 3.63) is 119 Å². The molecular formula is C61H81N3O14P+. The van der Waals surface area contributed by atoms with Crippen LogP contribution >= 0.6 is 7.82 Å². The number of fused-ring (bicyclic) bond motifs is 7. The van der Waals surface area contributed by atoms with E-state index in [9.17, 15) is 43.7 Å². The second kappa shape index (κ2) is 25.9. The molecule has 2 aromatic carbocycles. The van der Waals surface area contributed by atoms with E-state index in [0.29, 0.717) is 30.5 Å². The number of carbonyl (C=O) groups excluding carboxylic acids is 4. The largest absolute Gasteiger partial charge is 0.524 e. The molecule has 1 saturated heterocycles. The van der Waals surface area contributed by atoms with Gasteiger partial charge < -0.3 is 44.3 Å². The molecule has 1 aliphatic heterocycles. The second-order valence-corrected chi connectivity index (χ2v) is 24.5. The number of aromatic nitrogens is 1. The van der Waals surface area contributed by atoms with E-state index < -0.39 is 79.7 Å². The van der Waals surface area contributed by atoms with Crippen molar-refractivity contribution in [1.29, 1.82) is 0 Å². The molecule has 6 N–H and O–H groups in total. The van der Waals surface area contributed by atoms with E-state index in [-0.39, 0.29) is 60.3 Å². The number of rotatable bonds is 26. The van der Waals surface area contributed by atoms with Crippen molar-refractivity contribution in [2.75, 3.05) is 39.5 Å². The predicted octanol–water partition coefficient (Wildman–Crippen LogP) is 7.51. The summed E-state index contributed by atoms with van der Waals surface area (Å²) in [6, 6.07) is 18.2. The van der Waals surface area contributed by atoms with Crippen LogP contribution in [0.2, 0.25) is 0 Å². The molecule has 6 aliphatic rings. The minimum Gasteiger partial charge on any atom is -0.456 e. The molecule has 1 amide bonds. The highest BCUT2D eigenvalue weighted by atomic mass is 31.2. The number of hydrogen-bond acceptors (Lipinski definition) is 13. The SMILES string of the molecule is C[C@]12C=CC(=O)C=C1CCC1C2C(O)C[C@@]2(C)C1C[C@H]1O[C@@H](C3CCCCC3)O[C@]12C(=O)COC(=O)CNC(=O)c1ccc[n+](Cc2cc(C(O)CNCCCCCCOCCCCc3ccccc3)ccc2OP(=O)(O)O)c1. The van der Waals surface area contributed by atoms with E-state index in [1.807, 2.05) is 19.1 Å². The van der Waals surface area contributed by atoms with Crippen molar-refractivity contribution in [2.24, 2.45) is 34.5 Å². The Morgan fingerprint density at radius 1 is 0.937 bits per heavy atom. The van der Waals surface area contributed by atoms with Gasteiger partial charge in [0.15, 0.2) is 43.2 Å². The molecule has 5 fully saturated rings. The number of hydrogen-bond donors (Lipinski definition) is 6. The summed E-state index contributed by atoms with van der Waals surface area (Å²) in [7, 11) is -4.97. The molecule has 2 heterocycles. The molecule has 5 aliphatic carbocycles. The van der Waals surface area contributed by atoms with Crippen LogP contribution in [0.1, 0.15) is 143 Å². The van der Waals surface area contributed by atoms with Crippen molar-refractivity contribution in [3.8, 4) is 5.75 Å². The van der Waals surface area contributed by atoms with Crippen LogP contribution in [0.5, 0.6) is 5.75 Å². The highest BCUT2D eigenvalue weighted by molar-refractivity contribution is 7.46. The molecule has 5 unspecified atom stereocenters. The van der Waals surface area contributed by atoms with Gasteiger partial charge in [-0.1, -0.05) is 94.0 Å². The maximum Gasteiger partial charge on any atom is 0.524 e. The number of esters is 1. The zero-order chi connectivity index (χ0) is 55.8. The van der Waals surface area contributed by atoms with Gasteiger partial charge in [0, 0.05) is 48.5 Å². The Labute approximate surface area is 464 Å². The molecule has 0 spiro atoms. The molecule has 10 atom stereocenters. The molecule has 428 valence electrons. The first-order valence-corrected chi connectivity index (χ1v) is 30.3. The van der Waals surface area contributed by atoms with E-state index in [1.165, 1.54) is 23.9 Å². The van der Waals surface area contributed by atoms with Crippen LogP contribution < -0.4 is 19.7 Å². The van der Waals surface area contributed by atoms with E-state index in [1.54, 1.807) is 41.1 Å². The van der Waals surface area contributed by atoms with E-state index >= 15 is 0 Å². The van der Waals surface area contributed by atoms with Crippen molar-refractivity contribution in [1.82, 2.24) is 10.6 Å². The number of carbonyl (C=O) groups is 4. The fourth-order valence-electron chi connectivity index (χ4n) is 14.3. The number of benzene rings is 2. The van der Waals surface area contributed by atoms with Crippen LogP contribution in [0.3, 0.4) is 0 Å². The smallest absolute Gasteiger partial charge is 0.456 e. The fraction of sp³-hybridized carbons (Fsp3) is 0.590. The fourth-order valence-corrected chi connectivity index (χ4v) is 14.7. The van der Waals surface area contributed by atoms with Gasteiger partial charge in [0.2, 0.25) is 5.78 Å². The van der Waals surface area contributed by atoms with Gasteiger partial charge in [0.25, 0.3) is 5.91 Å². The van der Waals surface area contributed by atoms with Gasteiger partial charge in [-0.05, 0) is 130 Å². The van der Waals surface area contributed by atoms with E-state index in [0.717, 1.165) is 102 Å². The Hall–Kier alpha value is -4.94. The Bertz CT molecular complexity index is 2740. The summed E-state index contributed by atoms with van der Waals surface area (Å²) in [5.74, 6) is -2.11. The Morgan fingerprint density at radius 2 is 1.71 bits per heavy atom. The highest BCUT2D eigenvalue weighted by Gasteiger charge is 2.76. The van der Waals surface area contributed by atoms with Gasteiger partial charge in [-0.3, -0.25) is 29.0 Å². The van der Waals surface area contributed by atoms with Gasteiger partial charge >= 0.3 is 13.8 Å². The number of phosphoric ester groups is 1. The third-order valence-corrected chi connectivity index (χ3v) is 18.6. The standard InChI is InChI=1S/C61H80N3O14P/c1-59-27-26-47(65)33-46(59)23-24-48-49-34-54-61(60(49,2)35-50(66)56(48)59,77-58(76-54)42-19-9-6-10-20-42)53(68)40-75-55(69)37-63-57(70)44-21-15-29-64(38-44)39-45-32-43(22-25-52(45)78-79(71,72)73)51(67)36-62-28-12-3-4-13-30-74-31-14-11-18-41-16-7-5-8-17-41/h5,7-8,15-17,21-22,25-27,29,32-33,38,42,48-51,54,56,58,62,66-67H,3-4,6,9-14,18-20,23-24,28,30-31,34-37,39-40H2,1-2H3,(H2-,63,70,71,72,73)/p+1/t48?,49?,50?,51?,54-,56?,58-,59+,60+,61-/m1/s1. The van der Waals surface area contributed by atoms with Gasteiger partial charge in [-0.25, -0.2) is 4.57 Å². The van der Waals surface area contributed by atoms with Gasteiger partial charge in [-0.2, -0.15) is 4.57 Å². The van der Waals surface area contributed by atoms with Crippen LogP contribution in [-0.2, 0) is 50.9 Å². The first-order chi connectivity index (χ1) is 38.0. The van der Waals surface area contributed by atoms with Gasteiger partial charge in [0.05, 0.1) is 23.9 Å². The van der Waals surface area contributed by atoms with Crippen LogP contribution in [0.25, 0.3) is 0 Å². The number of nitrogens with one attached hydrogen (secondary N) is 2. The van der Waals surface area contributed by atoms with Crippen LogP contribution in [-0.4, -0.2) is 107 Å². The van der Waals surface area contributed by atoms with Crippen molar-refractivity contribution >= 4 is 31.3 Å². The van der Waals surface area contributed by atoms with Gasteiger partial charge in [-0.15, -0.1) is 0 Å². The monoisotopic (exact) mass is 1110 g/mol. The summed E-state index contributed by atoms with van der Waals surface area (Å²) < 4.78 is 43.9. The Kier molecular flexibility index (Phi) is 19.2. The number of aliphatic hydroxyl groups is 2. The molecule has 0 radical (unpaired) electrons. The number of ketones is 2. The third kappa shape index (κ3) is 13.5. The van der Waals surface area contributed by atoms with Crippen molar-refractivity contribution in [3.63, 3.8) is 0 Å². The topological polar surface area (TPSA) is 240 Å². The minimum atomic E-state index is -4.97. The Balaban J connectivity index is 0.764. The lowest BCUT2D eigenvalue weighted by Gasteiger charge is -2.59. The number of aliphatic hydroxyl groups excluding tert-OH is 2. The van der Waals surface area contributed by atoms with Gasteiger partial charge in [0.1, 0.15) is 17.9 Å². The zero-order valence-electron chi connectivity index (χ0n) is 45.8. The number of ether oxygens (including phenoxy) is 4. The zero-order valence-corrected chi connectivity index (χ0v) is 46.7. The number of amides is 1. The average molecular weight is 1110 g/mol. The lowest BCUT2D eigenvalue weighted by atomic mass is 9.46. The highest BCUT2D eigenvalue weighted by Crippen LogP contribution is 2.70. The number of nitrogens with zero attached hydrogens (tertiary/aromatic N) is 1. The molecular weight excluding hydrogens is 1030 g/mol. The predicted molar refractivity (Wildman–Crippen MR) is 292 cm³/mol. The number of phosphoric acid groups is 1. The maximum atomic E-state index is 14.9. The maximum absolute atomic E-state index is 14.9. The third-order valence-electron chi connectivity index (χ3n) is 18.2. The number of allylic oxidation sites excluding steroid dienone is 4. The van der Waals surface area contributed by atoms with Crippen molar-refractivity contribution in [2.45, 2.75) is 153 Å². The summed E-state index contributed by atoms with van der Waals surface area (Å²) in [6.07, 6.45) is 20.0. The average Bonchev–Trinajstić information content (AvgIpc) is 4.13. The van der Waals surface area contributed by atoms with Crippen LogP contribution in [0, 0.1) is 34.5 Å². The molecule has 3 aromatic rings. The minimum absolute atomic E-state index is 0.00417. The number of Topliss-reactive ketones (excluding diaryl/α,β-unsaturated/α-hetero) is 1. The summed E-state index contributed by atoms with van der Waals surface area (Å²) in [5.41, 5.74) is 0.544. The van der Waals surface area contributed by atoms with Crippen LogP contribution in [0.15, 0.2) is 96.9 Å².